The zero-order chi connectivity index (χ0) is 35.8. The van der Waals surface area contributed by atoms with Gasteiger partial charge >= 0.3 is 0 Å². The van der Waals surface area contributed by atoms with E-state index in [1.165, 1.54) is 0 Å². The van der Waals surface area contributed by atoms with Gasteiger partial charge in [0.2, 0.25) is 0 Å². The number of hydrogen-bond donors (Lipinski definition) is 1. The molecule has 9 aromatic rings. The van der Waals surface area contributed by atoms with Crippen molar-refractivity contribution in [3.05, 3.63) is 211 Å². The van der Waals surface area contributed by atoms with Crippen LogP contribution in [0.4, 0.5) is 17.1 Å². The molecule has 1 aromatic heterocycles. The smallest absolute Gasteiger partial charge is 0.159 e. The normalized spacial score (nSPS) is 14.1. The maximum atomic E-state index is 6.74. The van der Waals surface area contributed by atoms with Crippen LogP contribution in [0, 0.1) is 0 Å². The highest BCUT2D eigenvalue weighted by Crippen LogP contribution is 2.44. The van der Waals surface area contributed by atoms with Crippen LogP contribution in [0.2, 0.25) is 0 Å². The number of amidine groups is 2. The van der Waals surface area contributed by atoms with E-state index in [-0.39, 0.29) is 6.17 Å². The molecular weight excluding hydrogens is 661 g/mol. The molecule has 54 heavy (non-hydrogen) atoms. The van der Waals surface area contributed by atoms with E-state index in [4.69, 9.17) is 14.4 Å². The minimum Gasteiger partial charge on any atom is -0.455 e. The first kappa shape index (κ1) is 31.5. The van der Waals surface area contributed by atoms with Crippen LogP contribution in [0.1, 0.15) is 22.9 Å². The summed E-state index contributed by atoms with van der Waals surface area (Å²) in [5.41, 5.74) is 10.2. The maximum Gasteiger partial charge on any atom is 0.159 e. The third kappa shape index (κ3) is 5.69. The molecule has 256 valence electrons. The Labute approximate surface area is 313 Å². The molecule has 5 heteroatoms. The summed E-state index contributed by atoms with van der Waals surface area (Å²) >= 11 is 0. The fourth-order valence-electron chi connectivity index (χ4n) is 7.49. The molecule has 8 aromatic carbocycles. The van der Waals surface area contributed by atoms with Gasteiger partial charge in [-0.15, -0.1) is 0 Å². The first-order chi connectivity index (χ1) is 26.8. The van der Waals surface area contributed by atoms with Crippen LogP contribution in [0.15, 0.2) is 209 Å². The van der Waals surface area contributed by atoms with E-state index in [1.807, 2.05) is 36.4 Å². The lowest BCUT2D eigenvalue weighted by molar-refractivity contribution is 0.672. The van der Waals surface area contributed by atoms with Crippen molar-refractivity contribution in [3.8, 4) is 11.1 Å². The lowest BCUT2D eigenvalue weighted by atomic mass is 9.94. The minimum absolute atomic E-state index is 0.258. The van der Waals surface area contributed by atoms with E-state index >= 15 is 0 Å². The summed E-state index contributed by atoms with van der Waals surface area (Å²) in [7, 11) is 0. The van der Waals surface area contributed by atoms with E-state index in [9.17, 15) is 0 Å². The van der Waals surface area contributed by atoms with E-state index < -0.39 is 0 Å². The molecule has 2 heterocycles. The van der Waals surface area contributed by atoms with Gasteiger partial charge in [-0.05, 0) is 70.6 Å². The number of furan rings is 1. The van der Waals surface area contributed by atoms with Crippen LogP contribution >= 0.6 is 0 Å². The Morgan fingerprint density at radius 1 is 0.500 bits per heavy atom. The number of fused-ring (bicyclic) bond motifs is 5. The van der Waals surface area contributed by atoms with Gasteiger partial charge < -0.3 is 14.6 Å². The van der Waals surface area contributed by atoms with Crippen LogP contribution in [0.5, 0.6) is 0 Å². The number of aliphatic imine (C=N–C) groups is 2. The van der Waals surface area contributed by atoms with Crippen molar-refractivity contribution in [2.45, 2.75) is 6.17 Å². The molecule has 1 atom stereocenters. The van der Waals surface area contributed by atoms with Crippen molar-refractivity contribution in [1.29, 1.82) is 0 Å². The molecule has 0 radical (unpaired) electrons. The van der Waals surface area contributed by atoms with E-state index in [2.05, 4.69) is 168 Å². The van der Waals surface area contributed by atoms with Crippen molar-refractivity contribution in [3.63, 3.8) is 0 Å². The van der Waals surface area contributed by atoms with Crippen molar-refractivity contribution < 1.29 is 4.42 Å². The van der Waals surface area contributed by atoms with Crippen LogP contribution in [0.3, 0.4) is 0 Å². The zero-order valence-electron chi connectivity index (χ0n) is 29.3. The highest BCUT2D eigenvalue weighted by molar-refractivity contribution is 6.22. The Kier molecular flexibility index (Phi) is 7.81. The Morgan fingerprint density at radius 2 is 1.11 bits per heavy atom. The van der Waals surface area contributed by atoms with Crippen molar-refractivity contribution in [2.24, 2.45) is 9.98 Å². The molecule has 0 saturated carbocycles. The molecule has 0 amide bonds. The van der Waals surface area contributed by atoms with E-state index in [0.29, 0.717) is 5.84 Å². The molecule has 1 aliphatic rings. The third-order valence-electron chi connectivity index (χ3n) is 10.1. The summed E-state index contributed by atoms with van der Waals surface area (Å²) in [5.74, 6) is 1.49. The summed E-state index contributed by atoms with van der Waals surface area (Å²) in [6, 6.07) is 67.5. The van der Waals surface area contributed by atoms with E-state index in [0.717, 1.165) is 83.4 Å². The second-order valence-electron chi connectivity index (χ2n) is 13.5. The molecule has 0 saturated heterocycles. The number of para-hydroxylation sites is 2. The minimum atomic E-state index is -0.258. The number of rotatable bonds is 7. The molecule has 1 unspecified atom stereocenters. The maximum absolute atomic E-state index is 6.74. The molecule has 10 rings (SSSR count). The Bertz CT molecular complexity index is 2790. The topological polar surface area (TPSA) is 53.1 Å². The standard InChI is InChI=1S/C49H34N4O/c1-5-15-34(16-6-1)47-50-48(35-17-7-2-8-18-35)52-49(51-47)36-27-25-33(26-28-36)42-31-37-19-13-14-24-41(37)46-45(42)43-32-40(29-30-44(43)54-46)53(38-20-9-3-10-21-38)39-22-11-4-12-23-39/h1-32,47H,(H,50,51,52). The molecule has 0 aliphatic carbocycles. The number of benzene rings is 8. The largest absolute Gasteiger partial charge is 0.455 e. The average Bonchev–Trinajstić information content (AvgIpc) is 3.64. The monoisotopic (exact) mass is 694 g/mol. The SMILES string of the molecule is c1ccc(C2=NC(c3ccccc3)NC(c3ccc(-c4cc5ccccc5c5oc6ccc(N(c7ccccc7)c7ccccc7)cc6c45)cc3)=N2)cc1. The van der Waals surface area contributed by atoms with Gasteiger partial charge in [0.1, 0.15) is 23.2 Å². The van der Waals surface area contributed by atoms with Gasteiger partial charge in [-0.3, -0.25) is 0 Å². The van der Waals surface area contributed by atoms with Crippen LogP contribution in [-0.4, -0.2) is 11.7 Å². The summed E-state index contributed by atoms with van der Waals surface area (Å²) < 4.78 is 6.74. The second-order valence-corrected chi connectivity index (χ2v) is 13.5. The van der Waals surface area contributed by atoms with Crippen molar-refractivity contribution in [1.82, 2.24) is 5.32 Å². The summed E-state index contributed by atoms with van der Waals surface area (Å²) in [5, 5.41) is 7.99. The summed E-state index contributed by atoms with van der Waals surface area (Å²) in [6.07, 6.45) is -0.258. The first-order valence-electron chi connectivity index (χ1n) is 18.2. The van der Waals surface area contributed by atoms with E-state index in [1.54, 1.807) is 0 Å². The third-order valence-corrected chi connectivity index (χ3v) is 10.1. The Balaban J connectivity index is 1.11. The molecule has 1 aliphatic heterocycles. The molecule has 5 nitrogen and oxygen atoms in total. The first-order valence-corrected chi connectivity index (χ1v) is 18.2. The molecule has 0 bridgehead atoms. The number of nitrogens with zero attached hydrogens (tertiary/aromatic N) is 3. The Morgan fingerprint density at radius 3 is 1.81 bits per heavy atom. The van der Waals surface area contributed by atoms with Gasteiger partial charge in [0, 0.05) is 44.3 Å². The number of hydrogen-bond acceptors (Lipinski definition) is 5. The van der Waals surface area contributed by atoms with Crippen LogP contribution in [0.25, 0.3) is 43.8 Å². The van der Waals surface area contributed by atoms with Gasteiger partial charge in [0.05, 0.1) is 0 Å². The van der Waals surface area contributed by atoms with Gasteiger partial charge in [0.25, 0.3) is 0 Å². The predicted molar refractivity (Wildman–Crippen MR) is 223 cm³/mol. The number of anilines is 3. The van der Waals surface area contributed by atoms with Crippen LogP contribution < -0.4 is 10.2 Å². The lowest BCUT2D eigenvalue weighted by Crippen LogP contribution is -2.33. The van der Waals surface area contributed by atoms with Crippen molar-refractivity contribution in [2.75, 3.05) is 4.90 Å². The van der Waals surface area contributed by atoms with Gasteiger partial charge in [-0.1, -0.05) is 146 Å². The highest BCUT2D eigenvalue weighted by atomic mass is 16.3. The molecule has 0 spiro atoms. The highest BCUT2D eigenvalue weighted by Gasteiger charge is 2.22. The molecule has 1 N–H and O–H groups in total. The Hall–Kier alpha value is -7.24. The lowest BCUT2D eigenvalue weighted by Gasteiger charge is -2.25. The summed E-state index contributed by atoms with van der Waals surface area (Å²) in [4.78, 5) is 12.3. The zero-order valence-corrected chi connectivity index (χ0v) is 29.3. The predicted octanol–water partition coefficient (Wildman–Crippen LogP) is 12.4. The van der Waals surface area contributed by atoms with Gasteiger partial charge in [-0.2, -0.15) is 0 Å². The van der Waals surface area contributed by atoms with Crippen LogP contribution in [-0.2, 0) is 0 Å². The fraction of sp³-hybridized carbons (Fsp3) is 0.0204. The second kappa shape index (κ2) is 13.4. The summed E-state index contributed by atoms with van der Waals surface area (Å²) in [6.45, 7) is 0. The number of nitrogens with one attached hydrogen (secondary N) is 1. The van der Waals surface area contributed by atoms with Gasteiger partial charge in [-0.25, -0.2) is 9.98 Å². The fourth-order valence-corrected chi connectivity index (χ4v) is 7.49. The molecular formula is C49H34N4O. The van der Waals surface area contributed by atoms with Crippen molar-refractivity contribution >= 4 is 61.4 Å². The average molecular weight is 695 g/mol. The quantitative estimate of drug-likeness (QED) is 0.181. The van der Waals surface area contributed by atoms with Gasteiger partial charge in [0.15, 0.2) is 5.84 Å². The molecule has 0 fully saturated rings.